The van der Waals surface area contributed by atoms with Crippen molar-refractivity contribution in [3.63, 3.8) is 0 Å². The first kappa shape index (κ1) is 17.9. The monoisotopic (exact) mass is 362 g/mol. The third-order valence-electron chi connectivity index (χ3n) is 3.87. The van der Waals surface area contributed by atoms with Crippen LogP contribution in [0.5, 0.6) is 0 Å². The van der Waals surface area contributed by atoms with E-state index < -0.39 is 28.1 Å². The van der Waals surface area contributed by atoms with Gasteiger partial charge in [-0.3, -0.25) is 10.1 Å². The van der Waals surface area contributed by atoms with Gasteiger partial charge >= 0.3 is 6.09 Å². The van der Waals surface area contributed by atoms with E-state index in [1.165, 1.54) is 22.8 Å². The van der Waals surface area contributed by atoms with E-state index in [2.05, 4.69) is 10.1 Å². The fraction of sp³-hybridized carbons (Fsp3) is 0.538. The normalized spacial score (nSPS) is 18.3. The maximum absolute atomic E-state index is 12.4. The van der Waals surface area contributed by atoms with Crippen LogP contribution in [-0.4, -0.2) is 64.1 Å². The Bertz CT molecular complexity index is 651. The Hall–Kier alpha value is -1.49. The van der Waals surface area contributed by atoms with Gasteiger partial charge in [0.25, 0.3) is 15.9 Å². The molecule has 1 saturated heterocycles. The lowest BCUT2D eigenvalue weighted by Gasteiger charge is -2.33. The number of hydrogen-bond donors (Lipinski definition) is 2. The van der Waals surface area contributed by atoms with Crippen molar-refractivity contribution < 1.29 is 27.6 Å². The summed E-state index contributed by atoms with van der Waals surface area (Å²) in [5, 5.41) is 3.87. The van der Waals surface area contributed by atoms with Crippen molar-refractivity contribution in [1.82, 2.24) is 9.62 Å². The summed E-state index contributed by atoms with van der Waals surface area (Å²) in [6.07, 6.45) is -0.792. The highest BCUT2D eigenvalue weighted by Crippen LogP contribution is 2.20. The average molecular weight is 362 g/mol. The number of nitrogens with one attached hydrogen (secondary N) is 2. The number of amides is 2. The Morgan fingerprint density at radius 1 is 1.39 bits per heavy atom. The van der Waals surface area contributed by atoms with Gasteiger partial charge in [-0.2, -0.15) is 4.31 Å². The summed E-state index contributed by atoms with van der Waals surface area (Å²) in [5.74, 6) is -0.429. The van der Waals surface area contributed by atoms with Gasteiger partial charge < -0.3 is 9.64 Å². The molecule has 2 rings (SSSR count). The summed E-state index contributed by atoms with van der Waals surface area (Å²) >= 11 is 1.19. The van der Waals surface area contributed by atoms with Gasteiger partial charge in [-0.25, -0.2) is 13.2 Å². The number of hydrogen-bond acceptors (Lipinski definition) is 6. The molecular formula is C13H20N3O5S2+. The number of sulfonamides is 1. The molecule has 0 saturated carbocycles. The second-order valence-electron chi connectivity index (χ2n) is 5.20. The molecule has 2 heterocycles. The predicted molar refractivity (Wildman–Crippen MR) is 83.8 cm³/mol. The predicted octanol–water partition coefficient (Wildman–Crippen LogP) is -1.09. The topological polar surface area (TPSA) is 97.2 Å². The van der Waals surface area contributed by atoms with Gasteiger partial charge in [-0.1, -0.05) is 6.07 Å². The van der Waals surface area contributed by atoms with Gasteiger partial charge in [0.2, 0.25) is 0 Å². The molecule has 2 N–H and O–H groups in total. The first-order valence-corrected chi connectivity index (χ1v) is 9.45. The number of alkyl carbamates (subject to hydrolysis) is 1. The van der Waals surface area contributed by atoms with Gasteiger partial charge in [-0.15, -0.1) is 11.3 Å². The molecule has 1 aromatic heterocycles. The second kappa shape index (κ2) is 7.39. The minimum atomic E-state index is -3.45. The number of nitrogens with zero attached hydrogens (tertiary/aromatic N) is 1. The molecular weight excluding hydrogens is 342 g/mol. The maximum Gasteiger partial charge on any atom is 0.413 e. The largest absolute Gasteiger partial charge is 0.453 e. The Kier molecular flexibility index (Phi) is 5.74. The molecule has 10 heteroatoms. The lowest BCUT2D eigenvalue weighted by molar-refractivity contribution is -0.917. The first-order valence-electron chi connectivity index (χ1n) is 7.13. The zero-order valence-corrected chi connectivity index (χ0v) is 14.6. The molecule has 0 spiro atoms. The second-order valence-corrected chi connectivity index (χ2v) is 8.31. The van der Waals surface area contributed by atoms with Crippen LogP contribution >= 0.6 is 11.3 Å². The zero-order chi connectivity index (χ0) is 17.0. The van der Waals surface area contributed by atoms with Crippen molar-refractivity contribution in [3.8, 4) is 0 Å². The number of rotatable bonds is 4. The van der Waals surface area contributed by atoms with E-state index in [4.69, 9.17) is 0 Å². The van der Waals surface area contributed by atoms with E-state index in [1.807, 2.05) is 0 Å². The molecule has 1 aliphatic heterocycles. The lowest BCUT2D eigenvalue weighted by atomic mass is 10.2. The number of piperazine rings is 1. The summed E-state index contributed by atoms with van der Waals surface area (Å²) in [4.78, 5) is 23.9. The van der Waals surface area contributed by atoms with Crippen LogP contribution in [0.3, 0.4) is 0 Å². The van der Waals surface area contributed by atoms with Crippen molar-refractivity contribution in [2.75, 3.05) is 33.3 Å². The van der Waals surface area contributed by atoms with Crippen molar-refractivity contribution in [2.45, 2.75) is 17.2 Å². The van der Waals surface area contributed by atoms with Crippen LogP contribution in [0.15, 0.2) is 21.7 Å². The summed E-state index contributed by atoms with van der Waals surface area (Å²) in [5.41, 5.74) is 0. The first-order chi connectivity index (χ1) is 10.9. The summed E-state index contributed by atoms with van der Waals surface area (Å²) in [6.45, 7) is 3.38. The van der Waals surface area contributed by atoms with Gasteiger partial charge in [0.15, 0.2) is 6.04 Å². The third kappa shape index (κ3) is 4.08. The molecule has 1 fully saturated rings. The third-order valence-corrected chi connectivity index (χ3v) is 7.14. The van der Waals surface area contributed by atoms with Crippen LogP contribution in [0.1, 0.15) is 6.92 Å². The molecule has 1 aliphatic rings. The number of carbonyl (C=O) groups excluding carboxylic acids is 2. The number of methoxy groups -OCH3 is 1. The Balaban J connectivity index is 1.93. The quantitative estimate of drug-likeness (QED) is 0.709. The van der Waals surface area contributed by atoms with Crippen LogP contribution < -0.4 is 10.2 Å². The molecule has 2 amide bonds. The maximum atomic E-state index is 12.4. The van der Waals surface area contributed by atoms with E-state index >= 15 is 0 Å². The van der Waals surface area contributed by atoms with Crippen LogP contribution in [0.25, 0.3) is 0 Å². The smallest absolute Gasteiger partial charge is 0.413 e. The number of thiophene rings is 1. The molecule has 128 valence electrons. The Morgan fingerprint density at radius 2 is 2.04 bits per heavy atom. The fourth-order valence-electron chi connectivity index (χ4n) is 2.43. The van der Waals surface area contributed by atoms with Crippen molar-refractivity contribution in [1.29, 1.82) is 0 Å². The molecule has 0 bridgehead atoms. The molecule has 0 aromatic carbocycles. The minimum Gasteiger partial charge on any atom is -0.453 e. The SMILES string of the molecule is COC(=O)NC(=O)[C@@H](C)[NH+]1CCN(S(=O)(=O)c2cccs2)CC1. The van der Waals surface area contributed by atoms with E-state index in [0.29, 0.717) is 30.4 Å². The standard InChI is InChI=1S/C13H19N3O5S2/c1-10(12(17)14-13(18)21-2)15-5-7-16(8-6-15)23(19,20)11-4-3-9-22-11/h3-4,9-10H,5-8H2,1-2H3,(H,14,17,18)/p+1/t10-/m1/s1. The highest BCUT2D eigenvalue weighted by atomic mass is 32.2. The zero-order valence-electron chi connectivity index (χ0n) is 12.9. The van der Waals surface area contributed by atoms with Gasteiger partial charge in [0.05, 0.1) is 33.3 Å². The highest BCUT2D eigenvalue weighted by molar-refractivity contribution is 7.91. The molecule has 0 unspecified atom stereocenters. The van der Waals surface area contributed by atoms with Gasteiger partial charge in [0, 0.05) is 0 Å². The Morgan fingerprint density at radius 3 is 2.57 bits per heavy atom. The summed E-state index contributed by atoms with van der Waals surface area (Å²) in [6, 6.07) is 2.84. The highest BCUT2D eigenvalue weighted by Gasteiger charge is 2.35. The van der Waals surface area contributed by atoms with Gasteiger partial charge in [0.1, 0.15) is 4.21 Å². The van der Waals surface area contributed by atoms with Crippen molar-refractivity contribution in [3.05, 3.63) is 17.5 Å². The summed E-state index contributed by atoms with van der Waals surface area (Å²) < 4.78 is 31.0. The molecule has 0 radical (unpaired) electrons. The number of ether oxygens (including phenoxy) is 1. The number of imide groups is 1. The fourth-order valence-corrected chi connectivity index (χ4v) is 5.02. The molecule has 23 heavy (non-hydrogen) atoms. The summed E-state index contributed by atoms with van der Waals surface area (Å²) in [7, 11) is -2.26. The average Bonchev–Trinajstić information content (AvgIpc) is 3.09. The number of quaternary nitrogens is 1. The van der Waals surface area contributed by atoms with Crippen LogP contribution in [0.2, 0.25) is 0 Å². The van der Waals surface area contributed by atoms with Crippen molar-refractivity contribution in [2.24, 2.45) is 0 Å². The lowest BCUT2D eigenvalue weighted by Crippen LogP contribution is -3.19. The van der Waals surface area contributed by atoms with Gasteiger partial charge in [-0.05, 0) is 18.4 Å². The molecule has 1 atom stereocenters. The van der Waals surface area contributed by atoms with E-state index in [9.17, 15) is 18.0 Å². The molecule has 1 aromatic rings. The van der Waals surface area contributed by atoms with E-state index in [-0.39, 0.29) is 0 Å². The molecule has 8 nitrogen and oxygen atoms in total. The van der Waals surface area contributed by atoms with E-state index in [0.717, 1.165) is 4.90 Å². The number of carbonyl (C=O) groups is 2. The van der Waals surface area contributed by atoms with Crippen LogP contribution in [-0.2, 0) is 19.6 Å². The Labute approximate surface area is 139 Å². The van der Waals surface area contributed by atoms with Crippen molar-refractivity contribution >= 4 is 33.4 Å². The minimum absolute atomic E-state index is 0.331. The van der Waals surface area contributed by atoms with Crippen LogP contribution in [0, 0.1) is 0 Å². The van der Waals surface area contributed by atoms with Crippen LogP contribution in [0.4, 0.5) is 4.79 Å². The molecule has 0 aliphatic carbocycles. The van der Waals surface area contributed by atoms with E-state index in [1.54, 1.807) is 24.4 Å².